The lowest BCUT2D eigenvalue weighted by Gasteiger charge is -2.34. The van der Waals surface area contributed by atoms with Gasteiger partial charge < -0.3 is 9.84 Å². The number of nitrogens with zero attached hydrogens (tertiary/aromatic N) is 1. The van der Waals surface area contributed by atoms with Crippen molar-refractivity contribution < 1.29 is 14.6 Å². The van der Waals surface area contributed by atoms with Crippen LogP contribution in [0.4, 0.5) is 4.79 Å². The van der Waals surface area contributed by atoms with E-state index in [1.54, 1.807) is 0 Å². The van der Waals surface area contributed by atoms with Crippen LogP contribution in [0, 0.1) is 0 Å². The van der Waals surface area contributed by atoms with E-state index in [9.17, 15) is 9.90 Å². The van der Waals surface area contributed by atoms with Gasteiger partial charge in [-0.2, -0.15) is 0 Å². The summed E-state index contributed by atoms with van der Waals surface area (Å²) >= 11 is 0. The van der Waals surface area contributed by atoms with Crippen LogP contribution in [-0.4, -0.2) is 34.8 Å². The minimum absolute atomic E-state index is 0.0267. The first kappa shape index (κ1) is 20.3. The molecule has 4 nitrogen and oxygen atoms in total. The maximum absolute atomic E-state index is 13.2. The Bertz CT molecular complexity index is 1200. The van der Waals surface area contributed by atoms with E-state index >= 15 is 0 Å². The molecule has 166 valence electrons. The molecule has 1 fully saturated rings. The van der Waals surface area contributed by atoms with E-state index in [2.05, 4.69) is 60.7 Å². The second-order valence-electron chi connectivity index (χ2n) is 9.22. The standard InChI is InChI=1S/C29H27NO3/c31-17-19-7-1-2-8-23(19)20-15-21-13-14-22(16-20)30(21)29(32)33-18-28-26-11-5-3-9-24(26)25-10-4-6-12-27(25)28/h1-12,15,21-22,28,31H,13-14,16-18H2. The van der Waals surface area contributed by atoms with E-state index in [4.69, 9.17) is 4.74 Å². The SMILES string of the molecule is O=C(OCC1c2ccccc2-c2ccccc21)N1C2C=C(c3ccccc3CO)CC1CC2. The summed E-state index contributed by atoms with van der Waals surface area (Å²) in [5.41, 5.74) is 8.22. The fraction of sp³-hybridized carbons (Fsp3) is 0.276. The average molecular weight is 438 g/mol. The van der Waals surface area contributed by atoms with Crippen molar-refractivity contribution in [3.05, 3.63) is 101 Å². The highest BCUT2D eigenvalue weighted by Crippen LogP contribution is 2.45. The summed E-state index contributed by atoms with van der Waals surface area (Å²) in [5.74, 6) is 0.0753. The lowest BCUT2D eigenvalue weighted by Crippen LogP contribution is -2.43. The fourth-order valence-electron chi connectivity index (χ4n) is 5.95. The molecule has 1 amide bonds. The van der Waals surface area contributed by atoms with Gasteiger partial charge in [0.1, 0.15) is 6.61 Å². The number of carbonyl (C=O) groups is 1. The topological polar surface area (TPSA) is 49.8 Å². The molecule has 3 aromatic carbocycles. The monoisotopic (exact) mass is 437 g/mol. The van der Waals surface area contributed by atoms with Gasteiger partial charge in [-0.15, -0.1) is 0 Å². The molecular weight excluding hydrogens is 410 g/mol. The largest absolute Gasteiger partial charge is 0.448 e. The van der Waals surface area contributed by atoms with Gasteiger partial charge in [0.15, 0.2) is 0 Å². The van der Waals surface area contributed by atoms with Crippen molar-refractivity contribution in [2.75, 3.05) is 6.61 Å². The number of amides is 1. The normalized spacial score (nSPS) is 20.9. The Morgan fingerprint density at radius 2 is 1.52 bits per heavy atom. The predicted octanol–water partition coefficient (Wildman–Crippen LogP) is 5.75. The van der Waals surface area contributed by atoms with Gasteiger partial charge in [-0.25, -0.2) is 4.79 Å². The fourth-order valence-corrected chi connectivity index (χ4v) is 5.95. The molecule has 6 rings (SSSR count). The van der Waals surface area contributed by atoms with Crippen LogP contribution in [-0.2, 0) is 11.3 Å². The predicted molar refractivity (Wildman–Crippen MR) is 129 cm³/mol. The molecule has 33 heavy (non-hydrogen) atoms. The lowest BCUT2D eigenvalue weighted by molar-refractivity contribution is 0.0866. The molecule has 4 heteroatoms. The number of rotatable bonds is 4. The van der Waals surface area contributed by atoms with E-state index in [1.807, 2.05) is 23.1 Å². The van der Waals surface area contributed by atoms with Crippen LogP contribution >= 0.6 is 0 Å². The third kappa shape index (κ3) is 3.37. The molecule has 3 aromatic rings. The number of aliphatic hydroxyl groups is 1. The van der Waals surface area contributed by atoms with Crippen molar-refractivity contribution >= 4 is 11.7 Å². The molecule has 2 atom stereocenters. The molecule has 2 heterocycles. The summed E-state index contributed by atoms with van der Waals surface area (Å²) in [4.78, 5) is 15.2. The Hall–Kier alpha value is -3.37. The summed E-state index contributed by atoms with van der Waals surface area (Å²) in [5, 5.41) is 9.74. The van der Waals surface area contributed by atoms with Crippen LogP contribution in [0.1, 0.15) is 47.4 Å². The molecule has 2 unspecified atom stereocenters. The number of aliphatic hydroxyl groups excluding tert-OH is 1. The molecule has 2 aliphatic heterocycles. The molecular formula is C29H27NO3. The van der Waals surface area contributed by atoms with E-state index in [0.717, 1.165) is 30.4 Å². The lowest BCUT2D eigenvalue weighted by atomic mass is 9.92. The van der Waals surface area contributed by atoms with Crippen molar-refractivity contribution in [2.45, 2.75) is 43.9 Å². The minimum atomic E-state index is -0.213. The second-order valence-corrected chi connectivity index (χ2v) is 9.22. The zero-order valence-corrected chi connectivity index (χ0v) is 18.5. The number of fused-ring (bicyclic) bond motifs is 5. The van der Waals surface area contributed by atoms with Crippen LogP contribution in [0.5, 0.6) is 0 Å². The van der Waals surface area contributed by atoms with Crippen LogP contribution in [0.2, 0.25) is 0 Å². The molecule has 1 N–H and O–H groups in total. The van der Waals surface area contributed by atoms with Crippen LogP contribution < -0.4 is 0 Å². The second kappa shape index (κ2) is 8.20. The quantitative estimate of drug-likeness (QED) is 0.566. The summed E-state index contributed by atoms with van der Waals surface area (Å²) in [6, 6.07) is 25.0. The summed E-state index contributed by atoms with van der Waals surface area (Å²) < 4.78 is 5.96. The van der Waals surface area contributed by atoms with Crippen molar-refractivity contribution in [1.82, 2.24) is 4.90 Å². The molecule has 3 aliphatic rings. The molecule has 0 saturated carbocycles. The van der Waals surface area contributed by atoms with Gasteiger partial charge in [0.25, 0.3) is 0 Å². The highest BCUT2D eigenvalue weighted by molar-refractivity contribution is 5.79. The van der Waals surface area contributed by atoms with Gasteiger partial charge in [-0.1, -0.05) is 78.9 Å². The molecule has 2 bridgehead atoms. The minimum Gasteiger partial charge on any atom is -0.448 e. The van der Waals surface area contributed by atoms with Crippen molar-refractivity contribution in [2.24, 2.45) is 0 Å². The van der Waals surface area contributed by atoms with Crippen molar-refractivity contribution in [3.8, 4) is 11.1 Å². The Balaban J connectivity index is 1.21. The zero-order chi connectivity index (χ0) is 22.4. The number of ether oxygens (including phenoxy) is 1. The van der Waals surface area contributed by atoms with E-state index in [0.29, 0.717) is 6.61 Å². The number of hydrogen-bond acceptors (Lipinski definition) is 3. The first-order valence-electron chi connectivity index (χ1n) is 11.8. The number of benzene rings is 3. The molecule has 1 aliphatic carbocycles. The average Bonchev–Trinajstić information content (AvgIpc) is 3.33. The van der Waals surface area contributed by atoms with Gasteiger partial charge in [-0.05, 0) is 58.2 Å². The van der Waals surface area contributed by atoms with E-state index in [1.165, 1.54) is 27.8 Å². The Kier molecular flexibility index (Phi) is 5.03. The van der Waals surface area contributed by atoms with Crippen LogP contribution in [0.25, 0.3) is 16.7 Å². The summed E-state index contributed by atoms with van der Waals surface area (Å²) in [6.45, 7) is 0.381. The van der Waals surface area contributed by atoms with E-state index < -0.39 is 0 Å². The molecule has 0 aromatic heterocycles. The van der Waals surface area contributed by atoms with Crippen molar-refractivity contribution in [1.29, 1.82) is 0 Å². The van der Waals surface area contributed by atoms with Gasteiger partial charge >= 0.3 is 6.09 Å². The first-order chi connectivity index (χ1) is 16.2. The summed E-state index contributed by atoms with van der Waals surface area (Å²) in [6.07, 6.45) is 4.74. The third-order valence-corrected chi connectivity index (χ3v) is 7.48. The van der Waals surface area contributed by atoms with Gasteiger partial charge in [0.05, 0.1) is 12.6 Å². The molecule has 0 radical (unpaired) electrons. The van der Waals surface area contributed by atoms with Crippen LogP contribution in [0.15, 0.2) is 78.9 Å². The summed E-state index contributed by atoms with van der Waals surface area (Å²) in [7, 11) is 0. The maximum atomic E-state index is 13.2. The third-order valence-electron chi connectivity index (χ3n) is 7.48. The first-order valence-corrected chi connectivity index (χ1v) is 11.8. The highest BCUT2D eigenvalue weighted by Gasteiger charge is 2.41. The number of carbonyl (C=O) groups excluding carboxylic acids is 1. The Morgan fingerprint density at radius 3 is 2.18 bits per heavy atom. The number of hydrogen-bond donors (Lipinski definition) is 1. The Morgan fingerprint density at radius 1 is 0.879 bits per heavy atom. The maximum Gasteiger partial charge on any atom is 0.410 e. The van der Waals surface area contributed by atoms with Gasteiger partial charge in [-0.3, -0.25) is 4.90 Å². The van der Waals surface area contributed by atoms with Gasteiger partial charge in [0, 0.05) is 12.0 Å². The van der Waals surface area contributed by atoms with Gasteiger partial charge in [0.2, 0.25) is 0 Å². The van der Waals surface area contributed by atoms with E-state index in [-0.39, 0.29) is 30.7 Å². The highest BCUT2D eigenvalue weighted by atomic mass is 16.6. The van der Waals surface area contributed by atoms with Crippen LogP contribution in [0.3, 0.4) is 0 Å². The molecule has 1 saturated heterocycles. The Labute approximate surface area is 194 Å². The molecule has 0 spiro atoms. The smallest absolute Gasteiger partial charge is 0.410 e. The zero-order valence-electron chi connectivity index (χ0n) is 18.5. The van der Waals surface area contributed by atoms with Crippen molar-refractivity contribution in [3.63, 3.8) is 0 Å².